The molecular formula is C13H28O3P. The average Bonchev–Trinajstić information content (AvgIpc) is 2.16. The van der Waals surface area contributed by atoms with E-state index in [9.17, 15) is 4.57 Å². The summed E-state index contributed by atoms with van der Waals surface area (Å²) in [6.07, 6.45) is 0.795. The molecule has 1 radical (unpaired) electrons. The molecule has 0 spiro atoms. The molecule has 0 saturated heterocycles. The smallest absolute Gasteiger partial charge is 0.308 e. The lowest BCUT2D eigenvalue weighted by atomic mass is 10.00. The highest BCUT2D eigenvalue weighted by Gasteiger charge is 2.48. The summed E-state index contributed by atoms with van der Waals surface area (Å²) in [6.45, 7) is 15.9. The minimum Gasteiger partial charge on any atom is -0.308 e. The van der Waals surface area contributed by atoms with Gasteiger partial charge in [0.05, 0.1) is 17.4 Å². The molecule has 0 rings (SSSR count). The van der Waals surface area contributed by atoms with Crippen LogP contribution in [0.4, 0.5) is 0 Å². The third-order valence-corrected chi connectivity index (χ3v) is 6.58. The summed E-state index contributed by atoms with van der Waals surface area (Å²) in [5.74, 6) is 1.06. The Bertz CT molecular complexity index is 282. The molecule has 0 aliphatic rings. The Kier molecular flexibility index (Phi) is 5.91. The van der Waals surface area contributed by atoms with Crippen molar-refractivity contribution < 1.29 is 13.6 Å². The molecule has 1 unspecified atom stereocenters. The lowest BCUT2D eigenvalue weighted by Gasteiger charge is -2.40. The highest BCUT2D eigenvalue weighted by molar-refractivity contribution is 7.55. The predicted molar refractivity (Wildman–Crippen MR) is 73.4 cm³/mol. The van der Waals surface area contributed by atoms with E-state index in [-0.39, 0.29) is 0 Å². The first kappa shape index (κ1) is 17.2. The lowest BCUT2D eigenvalue weighted by molar-refractivity contribution is 0.0688. The molecular weight excluding hydrogens is 235 g/mol. The topological polar surface area (TPSA) is 35.5 Å². The van der Waals surface area contributed by atoms with Crippen molar-refractivity contribution in [1.29, 1.82) is 0 Å². The Morgan fingerprint density at radius 3 is 1.88 bits per heavy atom. The SMILES string of the molecule is CCOP(=O)(OC(C)(C)CC)C(C)(C)[C](C)C. The predicted octanol–water partition coefficient (Wildman–Crippen LogP) is 4.81. The maximum absolute atomic E-state index is 13.0. The molecule has 4 heteroatoms. The largest absolute Gasteiger partial charge is 0.337 e. The normalized spacial score (nSPS) is 17.2. The van der Waals surface area contributed by atoms with E-state index in [0.717, 1.165) is 12.3 Å². The van der Waals surface area contributed by atoms with Gasteiger partial charge in [0.15, 0.2) is 0 Å². The molecule has 0 N–H and O–H groups in total. The zero-order valence-corrected chi connectivity index (χ0v) is 13.5. The van der Waals surface area contributed by atoms with Gasteiger partial charge >= 0.3 is 7.60 Å². The Labute approximate surface area is 107 Å². The first-order valence-electron chi connectivity index (χ1n) is 6.28. The van der Waals surface area contributed by atoms with Gasteiger partial charge < -0.3 is 9.05 Å². The fraction of sp³-hybridized carbons (Fsp3) is 0.923. The third-order valence-electron chi connectivity index (χ3n) is 3.43. The number of hydrogen-bond acceptors (Lipinski definition) is 3. The molecule has 0 aliphatic heterocycles. The first-order chi connectivity index (χ1) is 7.52. The van der Waals surface area contributed by atoms with Crippen LogP contribution >= 0.6 is 7.60 Å². The Hall–Kier alpha value is 0.150. The molecule has 0 amide bonds. The molecule has 0 aromatic rings. The second-order valence-electron chi connectivity index (χ2n) is 5.68. The van der Waals surface area contributed by atoms with Crippen molar-refractivity contribution in [2.75, 3.05) is 6.61 Å². The molecule has 17 heavy (non-hydrogen) atoms. The van der Waals surface area contributed by atoms with Gasteiger partial charge in [-0.15, -0.1) is 0 Å². The number of rotatable bonds is 7. The van der Waals surface area contributed by atoms with Crippen LogP contribution in [0.1, 0.15) is 61.8 Å². The molecule has 0 heterocycles. The van der Waals surface area contributed by atoms with Crippen molar-refractivity contribution in [3.8, 4) is 0 Å². The van der Waals surface area contributed by atoms with Gasteiger partial charge in [-0.2, -0.15) is 0 Å². The Balaban J connectivity index is 5.25. The van der Waals surface area contributed by atoms with E-state index in [1.165, 1.54) is 0 Å². The molecule has 1 atom stereocenters. The van der Waals surface area contributed by atoms with Gasteiger partial charge in [0.25, 0.3) is 0 Å². The van der Waals surface area contributed by atoms with Crippen molar-refractivity contribution in [3.05, 3.63) is 5.92 Å². The molecule has 0 saturated carbocycles. The maximum Gasteiger partial charge on any atom is 0.337 e. The van der Waals surface area contributed by atoms with Gasteiger partial charge in [-0.3, -0.25) is 4.57 Å². The van der Waals surface area contributed by atoms with Gasteiger partial charge in [0.1, 0.15) is 0 Å². The average molecular weight is 263 g/mol. The van der Waals surface area contributed by atoms with E-state index < -0.39 is 18.4 Å². The molecule has 0 bridgehead atoms. The summed E-state index contributed by atoms with van der Waals surface area (Å²) in [6, 6.07) is 0. The zero-order valence-electron chi connectivity index (χ0n) is 12.6. The zero-order chi connectivity index (χ0) is 13.9. The Morgan fingerprint density at radius 1 is 1.12 bits per heavy atom. The second kappa shape index (κ2) is 5.86. The van der Waals surface area contributed by atoms with Crippen molar-refractivity contribution >= 4 is 7.60 Å². The summed E-state index contributed by atoms with van der Waals surface area (Å²) in [4.78, 5) is 0. The number of hydrogen-bond donors (Lipinski definition) is 0. The van der Waals surface area contributed by atoms with Crippen LogP contribution in [0.15, 0.2) is 0 Å². The van der Waals surface area contributed by atoms with E-state index in [1.54, 1.807) is 0 Å². The molecule has 0 aromatic carbocycles. The van der Waals surface area contributed by atoms with E-state index >= 15 is 0 Å². The van der Waals surface area contributed by atoms with Crippen LogP contribution in [0.25, 0.3) is 0 Å². The molecule has 3 nitrogen and oxygen atoms in total. The lowest BCUT2D eigenvalue weighted by Crippen LogP contribution is -2.33. The van der Waals surface area contributed by atoms with Crippen LogP contribution in [-0.2, 0) is 13.6 Å². The van der Waals surface area contributed by atoms with Gasteiger partial charge in [-0.1, -0.05) is 20.8 Å². The van der Waals surface area contributed by atoms with Gasteiger partial charge in [0, 0.05) is 0 Å². The fourth-order valence-electron chi connectivity index (χ4n) is 1.14. The van der Waals surface area contributed by atoms with E-state index in [4.69, 9.17) is 9.05 Å². The van der Waals surface area contributed by atoms with Crippen LogP contribution < -0.4 is 0 Å². The van der Waals surface area contributed by atoms with Crippen LogP contribution in [0.5, 0.6) is 0 Å². The molecule has 0 aliphatic carbocycles. The maximum atomic E-state index is 13.0. The highest BCUT2D eigenvalue weighted by atomic mass is 31.2. The van der Waals surface area contributed by atoms with Crippen molar-refractivity contribution in [1.82, 2.24) is 0 Å². The van der Waals surface area contributed by atoms with Crippen LogP contribution in [0.3, 0.4) is 0 Å². The summed E-state index contributed by atoms with van der Waals surface area (Å²) in [7, 11) is -3.15. The van der Waals surface area contributed by atoms with E-state index in [2.05, 4.69) is 0 Å². The van der Waals surface area contributed by atoms with Gasteiger partial charge in [0.2, 0.25) is 0 Å². The molecule has 0 fully saturated rings. The summed E-state index contributed by atoms with van der Waals surface area (Å²) >= 11 is 0. The van der Waals surface area contributed by atoms with Crippen LogP contribution in [0.2, 0.25) is 0 Å². The highest BCUT2D eigenvalue weighted by Crippen LogP contribution is 2.65. The first-order valence-corrected chi connectivity index (χ1v) is 7.82. The quantitative estimate of drug-likeness (QED) is 0.618. The summed E-state index contributed by atoms with van der Waals surface area (Å²) < 4.78 is 24.3. The monoisotopic (exact) mass is 263 g/mol. The van der Waals surface area contributed by atoms with Crippen LogP contribution in [-0.4, -0.2) is 17.4 Å². The van der Waals surface area contributed by atoms with Crippen LogP contribution in [0, 0.1) is 5.92 Å². The third kappa shape index (κ3) is 4.08. The molecule has 103 valence electrons. The van der Waals surface area contributed by atoms with Crippen molar-refractivity contribution in [2.45, 2.75) is 72.6 Å². The fourth-order valence-corrected chi connectivity index (χ4v) is 3.41. The Morgan fingerprint density at radius 2 is 1.59 bits per heavy atom. The summed E-state index contributed by atoms with van der Waals surface area (Å²) in [5, 5.41) is -0.560. The van der Waals surface area contributed by atoms with Crippen molar-refractivity contribution in [3.63, 3.8) is 0 Å². The molecule has 0 aromatic heterocycles. The van der Waals surface area contributed by atoms with Gasteiger partial charge in [-0.25, -0.2) is 0 Å². The van der Waals surface area contributed by atoms with E-state index in [0.29, 0.717) is 6.61 Å². The van der Waals surface area contributed by atoms with E-state index in [1.807, 2.05) is 55.4 Å². The minimum absolute atomic E-state index is 0.397. The van der Waals surface area contributed by atoms with Gasteiger partial charge in [-0.05, 0) is 47.0 Å². The second-order valence-corrected chi connectivity index (χ2v) is 8.23. The standard InChI is InChI=1S/C13H28O3P/c1-9-12(5,6)16-17(14,15-10-2)13(7,8)11(3)4/h9-10H2,1-8H3. The minimum atomic E-state index is -3.15. The van der Waals surface area contributed by atoms with Crippen molar-refractivity contribution in [2.24, 2.45) is 0 Å². The summed E-state index contributed by atoms with van der Waals surface area (Å²) in [5.41, 5.74) is -0.433.